The maximum Gasteiger partial charge on any atom is 0.154 e. The highest BCUT2D eigenvalue weighted by molar-refractivity contribution is 5.62. The van der Waals surface area contributed by atoms with Crippen molar-refractivity contribution in [3.05, 3.63) is 35.1 Å². The Hall–Kier alpha value is -2.65. The second-order valence-electron chi connectivity index (χ2n) is 8.28. The van der Waals surface area contributed by atoms with Crippen LogP contribution >= 0.6 is 0 Å². The fraction of sp³-hybridized carbons (Fsp3) is 0.545. The van der Waals surface area contributed by atoms with Crippen LogP contribution in [0.15, 0.2) is 34.4 Å². The maximum absolute atomic E-state index is 15.1. The molecule has 0 amide bonds. The molecule has 2 saturated heterocycles. The minimum Gasteiger partial charge on any atom is -0.378 e. The number of halogens is 1. The first-order valence-corrected chi connectivity index (χ1v) is 11.0. The van der Waals surface area contributed by atoms with E-state index in [1.165, 1.54) is 0 Å². The van der Waals surface area contributed by atoms with Gasteiger partial charge in [0.05, 0.1) is 43.9 Å². The molecule has 1 atom stereocenters. The summed E-state index contributed by atoms with van der Waals surface area (Å²) in [7, 11) is 0. The van der Waals surface area contributed by atoms with Crippen LogP contribution in [0.25, 0.3) is 11.3 Å². The van der Waals surface area contributed by atoms with E-state index in [1.54, 1.807) is 0 Å². The molecular formula is C22H28FN7O. The van der Waals surface area contributed by atoms with Gasteiger partial charge in [-0.25, -0.2) is 14.4 Å². The smallest absolute Gasteiger partial charge is 0.154 e. The Morgan fingerprint density at radius 1 is 1.19 bits per heavy atom. The lowest BCUT2D eigenvalue weighted by molar-refractivity contribution is 0.122. The Labute approximate surface area is 180 Å². The second kappa shape index (κ2) is 8.84. The fourth-order valence-corrected chi connectivity index (χ4v) is 4.25. The summed E-state index contributed by atoms with van der Waals surface area (Å²) in [6.07, 6.45) is 3.22. The van der Waals surface area contributed by atoms with Crippen LogP contribution in [0.4, 0.5) is 16.0 Å². The number of fused-ring (bicyclic) bond motifs is 1. The van der Waals surface area contributed by atoms with Crippen molar-refractivity contribution in [3.8, 4) is 11.3 Å². The van der Waals surface area contributed by atoms with E-state index in [0.29, 0.717) is 31.9 Å². The van der Waals surface area contributed by atoms with E-state index in [9.17, 15) is 0 Å². The van der Waals surface area contributed by atoms with Gasteiger partial charge in [0.15, 0.2) is 5.82 Å². The van der Waals surface area contributed by atoms with Crippen LogP contribution in [0, 0.1) is 0 Å². The van der Waals surface area contributed by atoms with Gasteiger partial charge in [0.1, 0.15) is 16.8 Å². The van der Waals surface area contributed by atoms with E-state index >= 15 is 4.39 Å². The van der Waals surface area contributed by atoms with E-state index in [0.717, 1.165) is 67.1 Å². The molecule has 2 N–H and O–H groups in total. The molecule has 0 radical (unpaired) electrons. The van der Waals surface area contributed by atoms with Crippen molar-refractivity contribution in [2.45, 2.75) is 18.5 Å². The first kappa shape index (κ1) is 20.3. The van der Waals surface area contributed by atoms with Gasteiger partial charge < -0.3 is 20.3 Å². The number of morpholine rings is 1. The molecule has 0 aromatic carbocycles. The standard InChI is InChI=1S/C22H28FN7O/c23-22(4-1-5-24-14-22)15-28-21-20-18(25-6-7-26-20)12-17(29-21)16-2-3-19(27-13-16)30-8-10-31-11-9-30/h2-3,12-13,24H,1,4-11,14-15H2,(H,28,29). The van der Waals surface area contributed by atoms with Crippen LogP contribution in [0.2, 0.25) is 0 Å². The van der Waals surface area contributed by atoms with Crippen molar-refractivity contribution < 1.29 is 9.13 Å². The molecule has 2 aromatic rings. The Morgan fingerprint density at radius 2 is 2.06 bits per heavy atom. The maximum atomic E-state index is 15.1. The van der Waals surface area contributed by atoms with Gasteiger partial charge in [-0.2, -0.15) is 0 Å². The Balaban J connectivity index is 1.42. The molecule has 1 unspecified atom stereocenters. The number of aromatic nitrogens is 2. The average molecular weight is 426 g/mol. The summed E-state index contributed by atoms with van der Waals surface area (Å²) in [5.41, 5.74) is 0.381. The van der Waals surface area contributed by atoms with Crippen LogP contribution in [-0.2, 0) is 4.74 Å². The molecule has 2 fully saturated rings. The summed E-state index contributed by atoms with van der Waals surface area (Å²) < 4.78 is 20.5. The minimum atomic E-state index is -1.28. The van der Waals surface area contributed by atoms with Gasteiger partial charge in [-0.05, 0) is 37.6 Å². The summed E-state index contributed by atoms with van der Waals surface area (Å²) in [5, 5.41) is 7.90. The third-order valence-corrected chi connectivity index (χ3v) is 6.00. The number of pyridine rings is 2. The number of hydrogen-bond acceptors (Lipinski definition) is 8. The van der Waals surface area contributed by atoms with Gasteiger partial charge in [-0.15, -0.1) is 0 Å². The van der Waals surface area contributed by atoms with Crippen LogP contribution in [0.3, 0.4) is 0 Å². The SMILES string of the molecule is FC1(CNc2nc(-c3ccc(N4CCOCC4)nc3)cc3c2=NCCN=3)CCCNC1. The number of nitrogens with zero attached hydrogens (tertiary/aromatic N) is 5. The molecule has 5 heterocycles. The number of piperidine rings is 1. The Bertz CT molecular complexity index is 1030. The second-order valence-corrected chi connectivity index (χ2v) is 8.28. The number of ether oxygens (including phenoxy) is 1. The Kier molecular flexibility index (Phi) is 5.78. The first-order valence-electron chi connectivity index (χ1n) is 11.0. The molecule has 5 rings (SSSR count). The zero-order chi connectivity index (χ0) is 21.1. The highest BCUT2D eigenvalue weighted by atomic mass is 19.1. The molecule has 3 aliphatic rings. The van der Waals surface area contributed by atoms with Crippen molar-refractivity contribution >= 4 is 11.6 Å². The van der Waals surface area contributed by atoms with Gasteiger partial charge in [-0.3, -0.25) is 9.98 Å². The summed E-state index contributed by atoms with van der Waals surface area (Å²) in [6.45, 7) is 5.85. The first-order chi connectivity index (χ1) is 15.2. The van der Waals surface area contributed by atoms with Gasteiger partial charge in [0.2, 0.25) is 0 Å². The lowest BCUT2D eigenvalue weighted by Gasteiger charge is -2.30. The van der Waals surface area contributed by atoms with E-state index in [-0.39, 0.29) is 6.54 Å². The van der Waals surface area contributed by atoms with Gasteiger partial charge >= 0.3 is 0 Å². The predicted molar refractivity (Wildman–Crippen MR) is 117 cm³/mol. The van der Waals surface area contributed by atoms with Crippen LogP contribution in [0.5, 0.6) is 0 Å². The van der Waals surface area contributed by atoms with Crippen LogP contribution < -0.4 is 26.2 Å². The number of hydrogen-bond donors (Lipinski definition) is 2. The molecule has 0 saturated carbocycles. The topological polar surface area (TPSA) is 87.0 Å². The van der Waals surface area contributed by atoms with Gasteiger partial charge in [-0.1, -0.05) is 0 Å². The molecule has 0 bridgehead atoms. The number of alkyl halides is 1. The molecule has 164 valence electrons. The van der Waals surface area contributed by atoms with Crippen molar-refractivity contribution in [1.29, 1.82) is 0 Å². The number of anilines is 2. The van der Waals surface area contributed by atoms with Crippen LogP contribution in [-0.4, -0.2) is 74.7 Å². The van der Waals surface area contributed by atoms with Crippen molar-refractivity contribution in [2.75, 3.05) is 69.2 Å². The molecule has 3 aliphatic heterocycles. The number of nitrogens with one attached hydrogen (secondary N) is 2. The molecule has 0 spiro atoms. The normalized spacial score (nSPS) is 23.5. The third-order valence-electron chi connectivity index (χ3n) is 6.00. The van der Waals surface area contributed by atoms with E-state index < -0.39 is 5.67 Å². The zero-order valence-corrected chi connectivity index (χ0v) is 17.6. The van der Waals surface area contributed by atoms with Crippen molar-refractivity contribution in [1.82, 2.24) is 15.3 Å². The summed E-state index contributed by atoms with van der Waals surface area (Å²) in [4.78, 5) is 20.9. The lowest BCUT2D eigenvalue weighted by Crippen LogP contribution is -2.47. The quantitative estimate of drug-likeness (QED) is 0.735. The van der Waals surface area contributed by atoms with E-state index in [2.05, 4.69) is 30.5 Å². The molecule has 0 aliphatic carbocycles. The van der Waals surface area contributed by atoms with E-state index in [4.69, 9.17) is 9.72 Å². The van der Waals surface area contributed by atoms with Gasteiger partial charge in [0, 0.05) is 31.4 Å². The lowest BCUT2D eigenvalue weighted by atomic mass is 9.96. The predicted octanol–water partition coefficient (Wildman–Crippen LogP) is 0.737. The monoisotopic (exact) mass is 425 g/mol. The van der Waals surface area contributed by atoms with Crippen molar-refractivity contribution in [3.63, 3.8) is 0 Å². The summed E-state index contributed by atoms with van der Waals surface area (Å²) in [5.74, 6) is 1.53. The summed E-state index contributed by atoms with van der Waals surface area (Å²) in [6, 6.07) is 5.99. The highest BCUT2D eigenvalue weighted by Gasteiger charge is 2.31. The molecule has 8 nitrogen and oxygen atoms in total. The molecular weight excluding hydrogens is 397 g/mol. The highest BCUT2D eigenvalue weighted by Crippen LogP contribution is 2.22. The molecule has 9 heteroatoms. The summed E-state index contributed by atoms with van der Waals surface area (Å²) >= 11 is 0. The Morgan fingerprint density at radius 3 is 2.84 bits per heavy atom. The minimum absolute atomic E-state index is 0.201. The average Bonchev–Trinajstić information content (AvgIpc) is 2.83. The van der Waals surface area contributed by atoms with Crippen LogP contribution in [0.1, 0.15) is 12.8 Å². The number of rotatable bonds is 5. The van der Waals surface area contributed by atoms with Gasteiger partial charge in [0.25, 0.3) is 0 Å². The third kappa shape index (κ3) is 4.52. The molecule has 2 aromatic heterocycles. The molecule has 31 heavy (non-hydrogen) atoms. The largest absolute Gasteiger partial charge is 0.378 e. The van der Waals surface area contributed by atoms with E-state index in [1.807, 2.05) is 24.4 Å². The fourth-order valence-electron chi connectivity index (χ4n) is 4.25. The van der Waals surface area contributed by atoms with Crippen molar-refractivity contribution in [2.24, 2.45) is 9.98 Å². The zero-order valence-electron chi connectivity index (χ0n) is 17.6.